The molecule has 1 saturated heterocycles. The summed E-state index contributed by atoms with van der Waals surface area (Å²) in [6.45, 7) is 0. The van der Waals surface area contributed by atoms with E-state index in [9.17, 15) is 14.7 Å². The zero-order valence-corrected chi connectivity index (χ0v) is 10.1. The predicted octanol–water partition coefficient (Wildman–Crippen LogP) is -0.618. The quantitative estimate of drug-likeness (QED) is 0.486. The van der Waals surface area contributed by atoms with E-state index in [-0.39, 0.29) is 0 Å². The third-order valence-electron chi connectivity index (χ3n) is 2.69. The van der Waals surface area contributed by atoms with Crippen molar-refractivity contribution in [3.63, 3.8) is 0 Å². The number of carbonyl (C=O) groups excluding carboxylic acids is 2. The van der Waals surface area contributed by atoms with Gasteiger partial charge in [-0.1, -0.05) is 0 Å². The van der Waals surface area contributed by atoms with Gasteiger partial charge < -0.3 is 21.5 Å². The highest BCUT2D eigenvalue weighted by Crippen LogP contribution is 2.09. The number of aliphatic hydroxyl groups is 1. The lowest BCUT2D eigenvalue weighted by Crippen LogP contribution is -2.54. The number of urea groups is 1. The molecular weight excluding hydrogens is 250 g/mol. The fourth-order valence-electron chi connectivity index (χ4n) is 1.72. The first kappa shape index (κ1) is 13.1. The first-order valence-electron chi connectivity index (χ1n) is 5.82. The summed E-state index contributed by atoms with van der Waals surface area (Å²) >= 11 is 0. The van der Waals surface area contributed by atoms with Gasteiger partial charge in [0.15, 0.2) is 0 Å². The Labute approximate surface area is 109 Å². The number of aliphatic hydroxyl groups excluding tert-OH is 1. The van der Waals surface area contributed by atoms with Gasteiger partial charge in [-0.3, -0.25) is 10.1 Å². The number of piperidine rings is 1. The third kappa shape index (κ3) is 3.55. The molecular formula is C11H15N5O3. The van der Waals surface area contributed by atoms with Crippen LogP contribution in [0.3, 0.4) is 0 Å². The number of pyridine rings is 1. The number of nitrogens with zero attached hydrogens (tertiary/aromatic N) is 1. The Morgan fingerprint density at radius 3 is 2.89 bits per heavy atom. The SMILES string of the molecule is Nc1ccc(NC(=O)NC2CCC(O)NC2=O)nc1. The first-order chi connectivity index (χ1) is 9.04. The van der Waals surface area contributed by atoms with E-state index >= 15 is 0 Å². The standard InChI is InChI=1S/C11H15N5O3/c12-6-1-3-8(13-5-6)15-11(19)14-7-2-4-9(17)16-10(7)18/h1,3,5,7,9,17H,2,4,12H2,(H,16,18)(H2,13,14,15,19). The molecule has 3 amide bonds. The lowest BCUT2D eigenvalue weighted by Gasteiger charge is -2.26. The molecule has 2 atom stereocenters. The number of hydrogen-bond acceptors (Lipinski definition) is 5. The fraction of sp³-hybridized carbons (Fsp3) is 0.364. The van der Waals surface area contributed by atoms with E-state index in [4.69, 9.17) is 5.73 Å². The minimum absolute atomic E-state index is 0.336. The van der Waals surface area contributed by atoms with Crippen LogP contribution in [0.2, 0.25) is 0 Å². The lowest BCUT2D eigenvalue weighted by atomic mass is 10.1. The van der Waals surface area contributed by atoms with Crippen LogP contribution in [-0.2, 0) is 4.79 Å². The highest BCUT2D eigenvalue weighted by Gasteiger charge is 2.27. The molecule has 6 N–H and O–H groups in total. The van der Waals surface area contributed by atoms with E-state index < -0.39 is 24.2 Å². The summed E-state index contributed by atoms with van der Waals surface area (Å²) in [7, 11) is 0. The number of carbonyl (C=O) groups is 2. The second-order valence-corrected chi connectivity index (χ2v) is 4.23. The van der Waals surface area contributed by atoms with E-state index in [2.05, 4.69) is 20.9 Å². The molecule has 0 spiro atoms. The number of nitrogens with two attached hydrogens (primary N) is 1. The van der Waals surface area contributed by atoms with Crippen molar-refractivity contribution < 1.29 is 14.7 Å². The smallest absolute Gasteiger partial charge is 0.321 e. The maximum absolute atomic E-state index is 11.7. The molecule has 2 unspecified atom stereocenters. The number of anilines is 2. The summed E-state index contributed by atoms with van der Waals surface area (Å²) in [5.41, 5.74) is 5.96. The zero-order chi connectivity index (χ0) is 13.8. The molecule has 2 heterocycles. The van der Waals surface area contributed by atoms with Crippen molar-refractivity contribution in [2.75, 3.05) is 11.1 Å². The molecule has 0 aromatic carbocycles. The van der Waals surface area contributed by atoms with Crippen LogP contribution in [0.25, 0.3) is 0 Å². The summed E-state index contributed by atoms with van der Waals surface area (Å²) in [5.74, 6) is -0.0675. The number of hydrogen-bond donors (Lipinski definition) is 5. The molecule has 0 saturated carbocycles. The summed E-state index contributed by atoms with van der Waals surface area (Å²) < 4.78 is 0. The molecule has 8 nitrogen and oxygen atoms in total. The van der Waals surface area contributed by atoms with Crippen molar-refractivity contribution in [1.29, 1.82) is 0 Å². The average Bonchev–Trinajstić information content (AvgIpc) is 2.36. The highest BCUT2D eigenvalue weighted by molar-refractivity contribution is 5.93. The van der Waals surface area contributed by atoms with Crippen molar-refractivity contribution in [1.82, 2.24) is 15.6 Å². The molecule has 0 aliphatic carbocycles. The molecule has 1 aliphatic rings. The van der Waals surface area contributed by atoms with E-state index in [1.54, 1.807) is 12.1 Å². The van der Waals surface area contributed by atoms with Crippen LogP contribution >= 0.6 is 0 Å². The van der Waals surface area contributed by atoms with E-state index in [1.807, 2.05) is 0 Å². The van der Waals surface area contributed by atoms with Crippen LogP contribution in [0, 0.1) is 0 Å². The zero-order valence-electron chi connectivity index (χ0n) is 10.1. The van der Waals surface area contributed by atoms with E-state index in [0.717, 1.165) is 0 Å². The molecule has 1 fully saturated rings. The number of nitrogens with one attached hydrogen (secondary N) is 3. The topological polar surface area (TPSA) is 129 Å². The van der Waals surface area contributed by atoms with Gasteiger partial charge in [-0.25, -0.2) is 9.78 Å². The van der Waals surface area contributed by atoms with Crippen LogP contribution in [0.4, 0.5) is 16.3 Å². The molecule has 2 rings (SSSR count). The Kier molecular flexibility index (Phi) is 3.81. The molecule has 1 aromatic rings. The fourth-order valence-corrected chi connectivity index (χ4v) is 1.72. The van der Waals surface area contributed by atoms with Crippen molar-refractivity contribution in [3.8, 4) is 0 Å². The van der Waals surface area contributed by atoms with Crippen LogP contribution in [-0.4, -0.2) is 34.3 Å². The largest absolute Gasteiger partial charge is 0.397 e. The second-order valence-electron chi connectivity index (χ2n) is 4.23. The van der Waals surface area contributed by atoms with Gasteiger partial charge in [0, 0.05) is 0 Å². The summed E-state index contributed by atoms with van der Waals surface area (Å²) in [6.07, 6.45) is 1.36. The number of aromatic nitrogens is 1. The molecule has 0 bridgehead atoms. The minimum Gasteiger partial charge on any atom is -0.397 e. The van der Waals surface area contributed by atoms with Crippen molar-refractivity contribution in [2.45, 2.75) is 25.1 Å². The monoisotopic (exact) mass is 265 g/mol. The van der Waals surface area contributed by atoms with Crippen LogP contribution in [0.5, 0.6) is 0 Å². The van der Waals surface area contributed by atoms with Gasteiger partial charge in [-0.05, 0) is 25.0 Å². The Balaban J connectivity index is 1.87. The second kappa shape index (κ2) is 5.53. The number of nitrogen functional groups attached to an aromatic ring is 1. The van der Waals surface area contributed by atoms with Gasteiger partial charge in [0.1, 0.15) is 18.1 Å². The van der Waals surface area contributed by atoms with Gasteiger partial charge in [-0.2, -0.15) is 0 Å². The van der Waals surface area contributed by atoms with Crippen LogP contribution in [0.15, 0.2) is 18.3 Å². The molecule has 1 aromatic heterocycles. The molecule has 0 radical (unpaired) electrons. The first-order valence-corrected chi connectivity index (χ1v) is 5.82. The molecule has 102 valence electrons. The maximum Gasteiger partial charge on any atom is 0.321 e. The van der Waals surface area contributed by atoms with Crippen molar-refractivity contribution >= 4 is 23.4 Å². The average molecular weight is 265 g/mol. The normalized spacial score (nSPS) is 22.5. The van der Waals surface area contributed by atoms with Gasteiger partial charge >= 0.3 is 6.03 Å². The molecule has 8 heteroatoms. The Bertz CT molecular complexity index is 476. The summed E-state index contributed by atoms with van der Waals surface area (Å²) in [5, 5.41) is 16.6. The van der Waals surface area contributed by atoms with Gasteiger partial charge in [0.2, 0.25) is 5.91 Å². The highest BCUT2D eigenvalue weighted by atomic mass is 16.3. The Morgan fingerprint density at radius 2 is 2.26 bits per heavy atom. The van der Waals surface area contributed by atoms with Crippen LogP contribution in [0.1, 0.15) is 12.8 Å². The Morgan fingerprint density at radius 1 is 1.47 bits per heavy atom. The number of rotatable bonds is 2. The molecule has 1 aliphatic heterocycles. The van der Waals surface area contributed by atoms with E-state index in [0.29, 0.717) is 24.3 Å². The van der Waals surface area contributed by atoms with Crippen LogP contribution < -0.4 is 21.7 Å². The van der Waals surface area contributed by atoms with Gasteiger partial charge in [0.05, 0.1) is 11.9 Å². The van der Waals surface area contributed by atoms with Gasteiger partial charge in [-0.15, -0.1) is 0 Å². The lowest BCUT2D eigenvalue weighted by molar-refractivity contribution is -0.128. The maximum atomic E-state index is 11.7. The third-order valence-corrected chi connectivity index (χ3v) is 2.69. The summed E-state index contributed by atoms with van der Waals surface area (Å²) in [4.78, 5) is 27.1. The Hall–Kier alpha value is -2.35. The molecule has 19 heavy (non-hydrogen) atoms. The van der Waals surface area contributed by atoms with Gasteiger partial charge in [0.25, 0.3) is 0 Å². The predicted molar refractivity (Wildman–Crippen MR) is 68.0 cm³/mol. The van der Waals surface area contributed by atoms with Crippen molar-refractivity contribution in [2.24, 2.45) is 0 Å². The summed E-state index contributed by atoms with van der Waals surface area (Å²) in [6, 6.07) is 1.97. The number of amides is 3. The van der Waals surface area contributed by atoms with Crippen molar-refractivity contribution in [3.05, 3.63) is 18.3 Å². The van der Waals surface area contributed by atoms with E-state index in [1.165, 1.54) is 6.20 Å². The minimum atomic E-state index is -0.840.